The standard InChI is InChI=1S/C20H16N6/c21-19(22)16-9-10-17(15-8-4-3-7-14(15)16)25-26-18-13-6-2-1-5-12(13)11-24-20(18)23/h1-11H,(H3,21,22)(H2,23,24). The highest BCUT2D eigenvalue weighted by Gasteiger charge is 2.09. The molecule has 1 heterocycles. The van der Waals surface area contributed by atoms with E-state index in [0.717, 1.165) is 21.5 Å². The Hall–Kier alpha value is -3.80. The molecule has 0 bridgehead atoms. The summed E-state index contributed by atoms with van der Waals surface area (Å²) in [6, 6.07) is 19.0. The van der Waals surface area contributed by atoms with Gasteiger partial charge in [-0.15, -0.1) is 10.2 Å². The van der Waals surface area contributed by atoms with E-state index in [4.69, 9.17) is 16.9 Å². The SMILES string of the molecule is N=C(N)c1ccc(N=Nc2c(N)ncc3ccccc23)c2ccccc12. The molecule has 0 spiro atoms. The predicted octanol–water partition coefficient (Wildman–Crippen LogP) is 4.67. The van der Waals surface area contributed by atoms with Crippen molar-refractivity contribution in [3.63, 3.8) is 0 Å². The van der Waals surface area contributed by atoms with Crippen LogP contribution in [-0.4, -0.2) is 10.8 Å². The maximum Gasteiger partial charge on any atom is 0.151 e. The maximum absolute atomic E-state index is 7.74. The second kappa shape index (κ2) is 6.25. The Morgan fingerprint density at radius 1 is 0.846 bits per heavy atom. The maximum atomic E-state index is 7.74. The first-order chi connectivity index (χ1) is 12.6. The predicted molar refractivity (Wildman–Crippen MR) is 105 cm³/mol. The van der Waals surface area contributed by atoms with Gasteiger partial charge in [0.25, 0.3) is 0 Å². The van der Waals surface area contributed by atoms with Crippen LogP contribution < -0.4 is 11.5 Å². The first-order valence-electron chi connectivity index (χ1n) is 8.06. The van der Waals surface area contributed by atoms with Crippen molar-refractivity contribution in [2.75, 3.05) is 5.73 Å². The van der Waals surface area contributed by atoms with Crippen LogP contribution in [0.1, 0.15) is 5.56 Å². The minimum atomic E-state index is 0.0205. The van der Waals surface area contributed by atoms with Crippen LogP contribution in [-0.2, 0) is 0 Å². The Bertz CT molecular complexity index is 1180. The van der Waals surface area contributed by atoms with Crippen LogP contribution in [0.25, 0.3) is 21.5 Å². The Morgan fingerprint density at radius 2 is 1.54 bits per heavy atom. The number of hydrogen-bond acceptors (Lipinski definition) is 5. The van der Waals surface area contributed by atoms with Crippen molar-refractivity contribution in [3.05, 3.63) is 72.4 Å². The van der Waals surface area contributed by atoms with Crippen molar-refractivity contribution in [2.45, 2.75) is 0 Å². The lowest BCUT2D eigenvalue weighted by Crippen LogP contribution is -2.11. The molecule has 1 aromatic heterocycles. The second-order valence-corrected chi connectivity index (χ2v) is 5.87. The van der Waals surface area contributed by atoms with Crippen LogP contribution in [0.15, 0.2) is 77.1 Å². The number of nitrogens with zero attached hydrogens (tertiary/aromatic N) is 3. The zero-order valence-electron chi connectivity index (χ0n) is 13.8. The van der Waals surface area contributed by atoms with E-state index in [1.54, 1.807) is 18.3 Å². The Labute approximate surface area is 149 Å². The van der Waals surface area contributed by atoms with Gasteiger partial charge in [-0.2, -0.15) is 0 Å². The molecule has 6 nitrogen and oxygen atoms in total. The molecule has 0 saturated carbocycles. The Kier molecular flexibility index (Phi) is 3.78. The largest absolute Gasteiger partial charge is 0.384 e. The fourth-order valence-corrected chi connectivity index (χ4v) is 2.98. The van der Waals surface area contributed by atoms with Gasteiger partial charge in [0.05, 0.1) is 5.69 Å². The zero-order valence-corrected chi connectivity index (χ0v) is 13.8. The second-order valence-electron chi connectivity index (χ2n) is 5.87. The molecule has 0 radical (unpaired) electrons. The van der Waals surface area contributed by atoms with Gasteiger partial charge in [0, 0.05) is 27.9 Å². The number of rotatable bonds is 3. The summed E-state index contributed by atoms with van der Waals surface area (Å²) in [6.07, 6.45) is 1.72. The van der Waals surface area contributed by atoms with E-state index in [2.05, 4.69) is 15.2 Å². The summed E-state index contributed by atoms with van der Waals surface area (Å²) in [5.74, 6) is 0.351. The lowest BCUT2D eigenvalue weighted by atomic mass is 10.0. The van der Waals surface area contributed by atoms with Gasteiger partial charge in [-0.1, -0.05) is 48.5 Å². The van der Waals surface area contributed by atoms with E-state index in [9.17, 15) is 0 Å². The van der Waals surface area contributed by atoms with E-state index in [1.807, 2.05) is 48.5 Å². The van der Waals surface area contributed by atoms with Crippen LogP contribution in [0.3, 0.4) is 0 Å². The van der Waals surface area contributed by atoms with Crippen molar-refractivity contribution < 1.29 is 0 Å². The number of nitrogens with two attached hydrogens (primary N) is 2. The fourth-order valence-electron chi connectivity index (χ4n) is 2.98. The van der Waals surface area contributed by atoms with E-state index in [1.165, 1.54) is 0 Å². The number of amidine groups is 1. The monoisotopic (exact) mass is 340 g/mol. The molecule has 0 saturated heterocycles. The highest BCUT2D eigenvalue weighted by atomic mass is 15.1. The summed E-state index contributed by atoms with van der Waals surface area (Å²) in [4.78, 5) is 4.20. The number of hydrogen-bond donors (Lipinski definition) is 3. The van der Waals surface area contributed by atoms with Crippen molar-refractivity contribution in [3.8, 4) is 0 Å². The molecule has 3 aromatic carbocycles. The van der Waals surface area contributed by atoms with Crippen molar-refractivity contribution in [1.29, 1.82) is 5.41 Å². The third kappa shape index (κ3) is 2.63. The van der Waals surface area contributed by atoms with Gasteiger partial charge in [0.15, 0.2) is 5.82 Å². The molecule has 26 heavy (non-hydrogen) atoms. The van der Waals surface area contributed by atoms with Crippen LogP contribution in [0, 0.1) is 5.41 Å². The third-order valence-corrected chi connectivity index (χ3v) is 4.25. The molecule has 126 valence electrons. The molecule has 0 atom stereocenters. The number of nitrogens with one attached hydrogen (secondary N) is 1. The van der Waals surface area contributed by atoms with E-state index in [0.29, 0.717) is 22.8 Å². The van der Waals surface area contributed by atoms with Crippen molar-refractivity contribution in [1.82, 2.24) is 4.98 Å². The molecule has 0 fully saturated rings. The zero-order chi connectivity index (χ0) is 18.1. The number of nitrogen functional groups attached to an aromatic ring is 2. The molecule has 4 rings (SSSR count). The number of benzene rings is 3. The molecule has 0 unspecified atom stereocenters. The number of fused-ring (bicyclic) bond motifs is 2. The van der Waals surface area contributed by atoms with E-state index in [-0.39, 0.29) is 5.84 Å². The lowest BCUT2D eigenvalue weighted by molar-refractivity contribution is 1.23. The molecule has 4 aromatic rings. The Balaban J connectivity index is 1.88. The number of pyridine rings is 1. The normalized spacial score (nSPS) is 11.4. The minimum absolute atomic E-state index is 0.0205. The summed E-state index contributed by atoms with van der Waals surface area (Å²) in [6.45, 7) is 0. The van der Waals surface area contributed by atoms with Gasteiger partial charge in [0.1, 0.15) is 11.5 Å². The highest BCUT2D eigenvalue weighted by Crippen LogP contribution is 2.34. The number of anilines is 1. The summed E-state index contributed by atoms with van der Waals surface area (Å²) in [5.41, 5.74) is 13.6. The van der Waals surface area contributed by atoms with Gasteiger partial charge in [-0.3, -0.25) is 5.41 Å². The molecule has 6 heteroatoms. The minimum Gasteiger partial charge on any atom is -0.384 e. The van der Waals surface area contributed by atoms with Gasteiger partial charge in [-0.05, 0) is 17.5 Å². The molecule has 5 N–H and O–H groups in total. The lowest BCUT2D eigenvalue weighted by Gasteiger charge is -2.07. The number of aromatic nitrogens is 1. The average Bonchev–Trinajstić information content (AvgIpc) is 2.67. The summed E-state index contributed by atoms with van der Waals surface area (Å²) in [7, 11) is 0. The van der Waals surface area contributed by atoms with Crippen LogP contribution >= 0.6 is 0 Å². The molecular formula is C20H16N6. The topological polar surface area (TPSA) is 114 Å². The first kappa shape index (κ1) is 15.7. The van der Waals surface area contributed by atoms with E-state index < -0.39 is 0 Å². The van der Waals surface area contributed by atoms with Crippen molar-refractivity contribution >= 4 is 44.6 Å². The highest BCUT2D eigenvalue weighted by molar-refractivity contribution is 6.10. The molecule has 0 amide bonds. The summed E-state index contributed by atoms with van der Waals surface area (Å²) in [5, 5.41) is 20.1. The third-order valence-electron chi connectivity index (χ3n) is 4.25. The van der Waals surface area contributed by atoms with Crippen LogP contribution in [0.4, 0.5) is 17.2 Å². The van der Waals surface area contributed by atoms with Gasteiger partial charge < -0.3 is 11.5 Å². The quantitative estimate of drug-likeness (QED) is 0.286. The smallest absolute Gasteiger partial charge is 0.151 e. The fraction of sp³-hybridized carbons (Fsp3) is 0. The molecular weight excluding hydrogens is 324 g/mol. The molecule has 0 aliphatic carbocycles. The Morgan fingerprint density at radius 3 is 2.31 bits per heavy atom. The van der Waals surface area contributed by atoms with Crippen LogP contribution in [0.2, 0.25) is 0 Å². The molecule has 0 aliphatic heterocycles. The molecule has 0 aliphatic rings. The summed E-state index contributed by atoms with van der Waals surface area (Å²) >= 11 is 0. The van der Waals surface area contributed by atoms with Crippen molar-refractivity contribution in [2.24, 2.45) is 16.0 Å². The first-order valence-corrected chi connectivity index (χ1v) is 8.06. The van der Waals surface area contributed by atoms with E-state index >= 15 is 0 Å². The van der Waals surface area contributed by atoms with Gasteiger partial charge >= 0.3 is 0 Å². The van der Waals surface area contributed by atoms with Crippen LogP contribution in [0.5, 0.6) is 0 Å². The summed E-state index contributed by atoms with van der Waals surface area (Å²) < 4.78 is 0. The van der Waals surface area contributed by atoms with Gasteiger partial charge in [0.2, 0.25) is 0 Å². The number of azo groups is 1. The average molecular weight is 340 g/mol. The van der Waals surface area contributed by atoms with Gasteiger partial charge in [-0.25, -0.2) is 4.98 Å².